The summed E-state index contributed by atoms with van der Waals surface area (Å²) in [5.41, 5.74) is 0. The van der Waals surface area contributed by atoms with E-state index in [1.807, 2.05) is 0 Å². The van der Waals surface area contributed by atoms with Crippen molar-refractivity contribution < 1.29 is 80.2 Å². The fraction of sp³-hybridized carbons (Fsp3) is 0.944. The number of phosphoric ester groups is 2. The van der Waals surface area contributed by atoms with Gasteiger partial charge in [0.2, 0.25) is 0 Å². The van der Waals surface area contributed by atoms with Gasteiger partial charge >= 0.3 is 39.5 Å². The van der Waals surface area contributed by atoms with E-state index in [1.165, 1.54) is 148 Å². The number of phosphoric acid groups is 2. The van der Waals surface area contributed by atoms with E-state index in [0.717, 1.165) is 114 Å². The predicted octanol–water partition coefficient (Wildman–Crippen LogP) is 20.1. The lowest BCUT2D eigenvalue weighted by atomic mass is 9.99. The Labute approximate surface area is 549 Å². The molecule has 0 aromatic carbocycles. The van der Waals surface area contributed by atoms with Crippen LogP contribution in [0.1, 0.15) is 351 Å². The Bertz CT molecular complexity index is 1790. The highest BCUT2D eigenvalue weighted by Crippen LogP contribution is 2.45. The van der Waals surface area contributed by atoms with Gasteiger partial charge in [-0.15, -0.1) is 0 Å². The van der Waals surface area contributed by atoms with Crippen LogP contribution in [0.2, 0.25) is 0 Å². The quantitative estimate of drug-likeness (QED) is 0.0222. The molecule has 0 rings (SSSR count). The molecule has 0 aromatic heterocycles. The van der Waals surface area contributed by atoms with Gasteiger partial charge in [0.1, 0.15) is 19.3 Å². The number of esters is 4. The van der Waals surface area contributed by atoms with E-state index in [4.69, 9.17) is 37.0 Å². The minimum absolute atomic E-state index is 0.104. The summed E-state index contributed by atoms with van der Waals surface area (Å²) in [4.78, 5) is 72.6. The normalized spacial score (nSPS) is 14.9. The molecule has 7 atom stereocenters. The maximum atomic E-state index is 13.0. The molecule has 19 heteroatoms. The second-order valence-corrected chi connectivity index (χ2v) is 30.0. The Morgan fingerprint density at radius 1 is 0.311 bits per heavy atom. The van der Waals surface area contributed by atoms with Crippen molar-refractivity contribution >= 4 is 39.5 Å². The molecule has 0 aliphatic carbocycles. The van der Waals surface area contributed by atoms with Crippen molar-refractivity contribution in [2.75, 3.05) is 39.6 Å². The van der Waals surface area contributed by atoms with Crippen molar-refractivity contribution in [2.45, 2.75) is 369 Å². The van der Waals surface area contributed by atoms with Crippen molar-refractivity contribution in [3.8, 4) is 0 Å². The van der Waals surface area contributed by atoms with Gasteiger partial charge in [-0.1, -0.05) is 299 Å². The third kappa shape index (κ3) is 62.2. The molecule has 3 N–H and O–H groups in total. The molecule has 0 spiro atoms. The van der Waals surface area contributed by atoms with Crippen LogP contribution in [-0.2, 0) is 65.4 Å². The van der Waals surface area contributed by atoms with E-state index in [-0.39, 0.29) is 25.7 Å². The van der Waals surface area contributed by atoms with Gasteiger partial charge in [0.05, 0.1) is 26.4 Å². The van der Waals surface area contributed by atoms with Crippen LogP contribution >= 0.6 is 15.6 Å². The van der Waals surface area contributed by atoms with E-state index >= 15 is 0 Å². The lowest BCUT2D eigenvalue weighted by Gasteiger charge is -2.21. The number of unbranched alkanes of at least 4 members (excludes halogenated alkanes) is 32. The second kappa shape index (κ2) is 60.7. The van der Waals surface area contributed by atoms with Gasteiger partial charge in [-0.3, -0.25) is 37.3 Å². The fourth-order valence-electron chi connectivity index (χ4n) is 10.6. The van der Waals surface area contributed by atoms with Gasteiger partial charge < -0.3 is 33.8 Å². The third-order valence-electron chi connectivity index (χ3n) is 17.0. The molecule has 0 heterocycles. The maximum absolute atomic E-state index is 13.0. The number of hydrogen-bond acceptors (Lipinski definition) is 15. The minimum atomic E-state index is -4.95. The molecule has 4 unspecified atom stereocenters. The molecule has 0 amide bonds. The highest BCUT2D eigenvalue weighted by molar-refractivity contribution is 7.47. The average Bonchev–Trinajstić information content (AvgIpc) is 3.64. The Morgan fingerprint density at radius 3 is 0.789 bits per heavy atom. The molecule has 0 aliphatic heterocycles. The van der Waals surface area contributed by atoms with Gasteiger partial charge in [-0.2, -0.15) is 0 Å². The van der Waals surface area contributed by atoms with Gasteiger partial charge in [0.25, 0.3) is 0 Å². The van der Waals surface area contributed by atoms with Crippen LogP contribution in [0.25, 0.3) is 0 Å². The number of ether oxygens (including phenoxy) is 4. The summed E-state index contributed by atoms with van der Waals surface area (Å²) in [5.74, 6) is 0.915. The van der Waals surface area contributed by atoms with Crippen molar-refractivity contribution in [2.24, 2.45) is 23.7 Å². The molecular weight excluding hydrogens is 1190 g/mol. The first-order chi connectivity index (χ1) is 43.2. The average molecular weight is 1330 g/mol. The zero-order chi connectivity index (χ0) is 66.8. The third-order valence-corrected chi connectivity index (χ3v) is 18.9. The summed E-state index contributed by atoms with van der Waals surface area (Å²) in [6.45, 7) is 14.1. The van der Waals surface area contributed by atoms with Crippen LogP contribution in [0.5, 0.6) is 0 Å². The highest BCUT2D eigenvalue weighted by atomic mass is 31.2. The number of carbonyl (C=O) groups is 4. The summed E-state index contributed by atoms with van der Waals surface area (Å²) in [5, 5.41) is 10.6. The van der Waals surface area contributed by atoms with Gasteiger partial charge in [-0.25, -0.2) is 9.13 Å². The van der Waals surface area contributed by atoms with E-state index in [9.17, 15) is 43.2 Å². The number of aliphatic hydroxyl groups is 1. The van der Waals surface area contributed by atoms with E-state index in [1.54, 1.807) is 0 Å². The summed E-state index contributed by atoms with van der Waals surface area (Å²) < 4.78 is 68.3. The molecule has 90 heavy (non-hydrogen) atoms. The summed E-state index contributed by atoms with van der Waals surface area (Å²) >= 11 is 0. The van der Waals surface area contributed by atoms with Gasteiger partial charge in [0.15, 0.2) is 12.2 Å². The summed E-state index contributed by atoms with van der Waals surface area (Å²) in [6, 6.07) is 0. The fourth-order valence-corrected chi connectivity index (χ4v) is 12.2. The Kier molecular flexibility index (Phi) is 59.4. The molecule has 0 fully saturated rings. The standard InChI is InChI=1S/C71H138O17P2/c1-9-63(7)49-41-33-24-18-12-15-20-26-35-43-51-68(73)81-57-66(87-71(76)54-46-38-28-22-16-13-19-25-34-42-50-64(8)10-2)59-85-89(77,78)83-55-65(72)56-84-90(79,80)86-60-67(58-82-69(74)52-44-36-30-29-32-40-48-62(5)6)88-70(75)53-45-37-27-21-14-11-17-23-31-39-47-61(3)4/h61-67,72H,9-60H2,1-8H3,(H,77,78)(H,79,80)/t63?,64?,65-,66-,67-/m1/s1. The summed E-state index contributed by atoms with van der Waals surface area (Å²) in [7, 11) is -9.90. The molecular formula is C71H138O17P2. The van der Waals surface area contributed by atoms with E-state index in [0.29, 0.717) is 31.6 Å². The van der Waals surface area contributed by atoms with Crippen LogP contribution in [-0.4, -0.2) is 96.7 Å². The lowest BCUT2D eigenvalue weighted by Crippen LogP contribution is -2.30. The maximum Gasteiger partial charge on any atom is 0.472 e. The predicted molar refractivity (Wildman–Crippen MR) is 363 cm³/mol. The van der Waals surface area contributed by atoms with Crippen molar-refractivity contribution in [1.29, 1.82) is 0 Å². The first kappa shape index (κ1) is 88.1. The number of carbonyl (C=O) groups excluding carboxylic acids is 4. The molecule has 0 saturated heterocycles. The van der Waals surface area contributed by atoms with Crippen LogP contribution in [0.4, 0.5) is 0 Å². The number of rotatable bonds is 68. The van der Waals surface area contributed by atoms with Gasteiger partial charge in [0, 0.05) is 25.7 Å². The first-order valence-corrected chi connectivity index (χ1v) is 39.8. The molecule has 534 valence electrons. The van der Waals surface area contributed by atoms with Crippen LogP contribution in [0.15, 0.2) is 0 Å². The first-order valence-electron chi connectivity index (χ1n) is 36.8. The lowest BCUT2D eigenvalue weighted by molar-refractivity contribution is -0.161. The van der Waals surface area contributed by atoms with Crippen LogP contribution < -0.4 is 0 Å². The molecule has 17 nitrogen and oxygen atoms in total. The number of hydrogen-bond donors (Lipinski definition) is 3. The smallest absolute Gasteiger partial charge is 0.462 e. The second-order valence-electron chi connectivity index (χ2n) is 27.1. The molecule has 0 aromatic rings. The Balaban J connectivity index is 5.26. The summed E-state index contributed by atoms with van der Waals surface area (Å²) in [6.07, 6.45) is 43.0. The topological polar surface area (TPSA) is 237 Å². The minimum Gasteiger partial charge on any atom is -0.462 e. The molecule has 0 saturated carbocycles. The number of aliphatic hydroxyl groups excluding tert-OH is 1. The zero-order valence-electron chi connectivity index (χ0n) is 58.8. The Morgan fingerprint density at radius 2 is 0.533 bits per heavy atom. The van der Waals surface area contributed by atoms with E-state index in [2.05, 4.69) is 55.4 Å². The van der Waals surface area contributed by atoms with Gasteiger partial charge in [-0.05, 0) is 49.4 Å². The zero-order valence-corrected chi connectivity index (χ0v) is 60.6. The van der Waals surface area contributed by atoms with Crippen molar-refractivity contribution in [3.05, 3.63) is 0 Å². The van der Waals surface area contributed by atoms with E-state index < -0.39 is 97.5 Å². The molecule has 0 bridgehead atoms. The largest absolute Gasteiger partial charge is 0.472 e. The van der Waals surface area contributed by atoms with Crippen LogP contribution in [0.3, 0.4) is 0 Å². The molecule has 0 radical (unpaired) electrons. The molecule has 0 aliphatic rings. The SMILES string of the molecule is CCC(C)CCCCCCCCCCCCC(=O)OC[C@H](COP(=O)(O)OC[C@@H](O)COP(=O)(O)OC[C@@H](COC(=O)CCCCCCCCC(C)C)OC(=O)CCCCCCCCCCCCC(C)C)OC(=O)CCCCCCCCCCCCC(C)CC. The van der Waals surface area contributed by atoms with Crippen LogP contribution in [0, 0.1) is 23.7 Å². The monoisotopic (exact) mass is 1320 g/mol. The van der Waals surface area contributed by atoms with Crippen molar-refractivity contribution in [1.82, 2.24) is 0 Å². The highest BCUT2D eigenvalue weighted by Gasteiger charge is 2.30. The Hall–Kier alpha value is -1.94. The van der Waals surface area contributed by atoms with Crippen molar-refractivity contribution in [3.63, 3.8) is 0 Å².